The van der Waals surface area contributed by atoms with Gasteiger partial charge in [0.05, 0.1) is 25.1 Å². The van der Waals surface area contributed by atoms with Crippen LogP contribution in [0, 0.1) is 0 Å². The lowest BCUT2D eigenvalue weighted by molar-refractivity contribution is 0.0734. The zero-order valence-corrected chi connectivity index (χ0v) is 18.3. The molecule has 1 N–H and O–H groups in total. The number of ether oxygens (including phenoxy) is 2. The van der Waals surface area contributed by atoms with Crippen molar-refractivity contribution in [1.82, 2.24) is 4.90 Å². The number of hydrogen-bond donors (Lipinski definition) is 1. The topological polar surface area (TPSA) is 67.9 Å². The van der Waals surface area contributed by atoms with E-state index in [9.17, 15) is 9.59 Å². The maximum atomic E-state index is 13.2. The van der Waals surface area contributed by atoms with Crippen molar-refractivity contribution in [3.8, 4) is 11.5 Å². The van der Waals surface area contributed by atoms with E-state index in [-0.39, 0.29) is 17.9 Å². The number of carbonyl (C=O) groups excluding carboxylic acids is 2. The predicted octanol–water partition coefficient (Wildman–Crippen LogP) is 4.99. The van der Waals surface area contributed by atoms with Gasteiger partial charge in [-0.3, -0.25) is 9.59 Å². The number of thiophene rings is 1. The van der Waals surface area contributed by atoms with E-state index in [1.807, 2.05) is 34.5 Å². The lowest BCUT2D eigenvalue weighted by Crippen LogP contribution is -2.30. The molecular formula is C24H24N2O4S. The fourth-order valence-electron chi connectivity index (χ4n) is 3.89. The summed E-state index contributed by atoms with van der Waals surface area (Å²) in [6.45, 7) is 0.690. The molecule has 0 radical (unpaired) electrons. The molecule has 2 heterocycles. The van der Waals surface area contributed by atoms with Gasteiger partial charge in [0.2, 0.25) is 0 Å². The van der Waals surface area contributed by atoms with Crippen LogP contribution in [-0.2, 0) is 0 Å². The maximum absolute atomic E-state index is 13.2. The molecule has 0 unspecified atom stereocenters. The van der Waals surface area contributed by atoms with Crippen LogP contribution in [0.25, 0.3) is 0 Å². The molecule has 0 bridgehead atoms. The summed E-state index contributed by atoms with van der Waals surface area (Å²) in [6, 6.07) is 16.3. The lowest BCUT2D eigenvalue weighted by atomic mass is 10.0. The van der Waals surface area contributed by atoms with Gasteiger partial charge in [0.15, 0.2) is 0 Å². The van der Waals surface area contributed by atoms with E-state index in [0.29, 0.717) is 22.7 Å². The highest BCUT2D eigenvalue weighted by Crippen LogP contribution is 2.39. The van der Waals surface area contributed by atoms with Crippen LogP contribution in [0.4, 0.5) is 5.69 Å². The summed E-state index contributed by atoms with van der Waals surface area (Å²) in [5.74, 6) is 1.25. The molecule has 160 valence electrons. The molecule has 31 heavy (non-hydrogen) atoms. The Balaban J connectivity index is 1.50. The van der Waals surface area contributed by atoms with Crippen LogP contribution in [0.3, 0.4) is 0 Å². The summed E-state index contributed by atoms with van der Waals surface area (Å²) in [6.07, 6.45) is 1.81. The second-order valence-electron chi connectivity index (χ2n) is 7.27. The second-order valence-corrected chi connectivity index (χ2v) is 8.22. The number of amides is 2. The average Bonchev–Trinajstić information content (AvgIpc) is 3.51. The van der Waals surface area contributed by atoms with Gasteiger partial charge in [-0.15, -0.1) is 11.3 Å². The molecule has 6 nitrogen and oxygen atoms in total. The van der Waals surface area contributed by atoms with Crippen molar-refractivity contribution >= 4 is 28.8 Å². The Morgan fingerprint density at radius 2 is 1.87 bits per heavy atom. The molecule has 0 spiro atoms. The van der Waals surface area contributed by atoms with Crippen LogP contribution in [0.2, 0.25) is 0 Å². The van der Waals surface area contributed by atoms with E-state index in [1.54, 1.807) is 44.6 Å². The summed E-state index contributed by atoms with van der Waals surface area (Å²) < 4.78 is 10.9. The van der Waals surface area contributed by atoms with Crippen molar-refractivity contribution in [3.63, 3.8) is 0 Å². The minimum atomic E-state index is -0.153. The highest BCUT2D eigenvalue weighted by Gasteiger charge is 2.32. The minimum Gasteiger partial charge on any atom is -0.497 e. The molecule has 2 amide bonds. The first-order chi connectivity index (χ1) is 15.1. The molecule has 0 aliphatic carbocycles. The van der Waals surface area contributed by atoms with Gasteiger partial charge in [0, 0.05) is 29.4 Å². The normalized spacial score (nSPS) is 15.5. The number of rotatable bonds is 6. The first-order valence-electron chi connectivity index (χ1n) is 10.1. The molecule has 7 heteroatoms. The number of nitrogens with one attached hydrogen (secondary N) is 1. The molecule has 1 saturated heterocycles. The Hall–Kier alpha value is -3.32. The molecule has 3 aromatic rings. The molecule has 4 rings (SSSR count). The molecule has 1 aliphatic heterocycles. The van der Waals surface area contributed by atoms with Crippen LogP contribution in [0.5, 0.6) is 11.5 Å². The van der Waals surface area contributed by atoms with Crippen LogP contribution < -0.4 is 14.8 Å². The van der Waals surface area contributed by atoms with Gasteiger partial charge < -0.3 is 19.7 Å². The second kappa shape index (κ2) is 9.22. The molecule has 1 fully saturated rings. The number of anilines is 1. The van der Waals surface area contributed by atoms with Gasteiger partial charge in [0.25, 0.3) is 11.8 Å². The molecule has 1 aromatic heterocycles. The van der Waals surface area contributed by atoms with Crippen molar-refractivity contribution in [2.75, 3.05) is 26.1 Å². The Morgan fingerprint density at radius 3 is 2.55 bits per heavy atom. The number of hydrogen-bond acceptors (Lipinski definition) is 5. The van der Waals surface area contributed by atoms with Crippen molar-refractivity contribution in [2.45, 2.75) is 18.9 Å². The lowest BCUT2D eigenvalue weighted by Gasteiger charge is -2.26. The molecule has 1 aliphatic rings. The first-order valence-corrected chi connectivity index (χ1v) is 11.0. The number of nitrogens with zero attached hydrogens (tertiary/aromatic N) is 1. The van der Waals surface area contributed by atoms with Gasteiger partial charge in [-0.2, -0.15) is 0 Å². The summed E-state index contributed by atoms with van der Waals surface area (Å²) in [4.78, 5) is 28.0. The van der Waals surface area contributed by atoms with Crippen LogP contribution in [0.1, 0.15) is 44.5 Å². The number of carbonyl (C=O) groups is 2. The molecule has 2 aromatic carbocycles. The summed E-state index contributed by atoms with van der Waals surface area (Å²) >= 11 is 1.39. The monoisotopic (exact) mass is 436 g/mol. The fraction of sp³-hybridized carbons (Fsp3) is 0.250. The number of benzene rings is 2. The maximum Gasteiger partial charge on any atom is 0.265 e. The van der Waals surface area contributed by atoms with Gasteiger partial charge in [-0.1, -0.05) is 6.07 Å². The third-order valence-electron chi connectivity index (χ3n) is 5.45. The van der Waals surface area contributed by atoms with Crippen molar-refractivity contribution in [1.29, 1.82) is 0 Å². The average molecular weight is 437 g/mol. The van der Waals surface area contributed by atoms with Gasteiger partial charge in [-0.25, -0.2) is 0 Å². The van der Waals surface area contributed by atoms with Crippen molar-refractivity contribution in [2.24, 2.45) is 0 Å². The highest BCUT2D eigenvalue weighted by molar-refractivity contribution is 7.12. The zero-order chi connectivity index (χ0) is 21.8. The fourth-order valence-corrected chi connectivity index (χ4v) is 4.51. The van der Waals surface area contributed by atoms with E-state index >= 15 is 0 Å². The number of likely N-dealkylation sites (tertiary alicyclic amines) is 1. The number of methoxy groups -OCH3 is 2. The first kappa shape index (κ1) is 20.9. The van der Waals surface area contributed by atoms with Crippen LogP contribution in [-0.4, -0.2) is 37.5 Å². The Labute approximate surface area is 185 Å². The van der Waals surface area contributed by atoms with E-state index in [0.717, 1.165) is 29.9 Å². The predicted molar refractivity (Wildman–Crippen MR) is 121 cm³/mol. The third kappa shape index (κ3) is 4.41. The standard InChI is InChI=1S/C24H24N2O4S/c1-29-18-11-12-19(21(15-18)30-2)20-5-3-13-26(20)24(28)16-7-9-17(10-8-16)25-23(27)22-6-4-14-31-22/h4,6-12,14-15,20H,3,5,13H2,1-2H3,(H,25,27)/t20-/m1/s1. The SMILES string of the molecule is COc1ccc([C@H]2CCCN2C(=O)c2ccc(NC(=O)c3cccs3)cc2)c(OC)c1. The summed E-state index contributed by atoms with van der Waals surface area (Å²) in [5, 5.41) is 4.72. The van der Waals surface area contributed by atoms with Crippen LogP contribution in [0.15, 0.2) is 60.0 Å². The Morgan fingerprint density at radius 1 is 1.06 bits per heavy atom. The zero-order valence-electron chi connectivity index (χ0n) is 17.5. The van der Waals surface area contributed by atoms with E-state index in [1.165, 1.54) is 11.3 Å². The Bertz CT molecular complexity index is 1060. The smallest absolute Gasteiger partial charge is 0.265 e. The van der Waals surface area contributed by atoms with Gasteiger partial charge in [0.1, 0.15) is 11.5 Å². The van der Waals surface area contributed by atoms with E-state index in [4.69, 9.17) is 9.47 Å². The van der Waals surface area contributed by atoms with Crippen molar-refractivity contribution < 1.29 is 19.1 Å². The van der Waals surface area contributed by atoms with Crippen molar-refractivity contribution in [3.05, 3.63) is 76.0 Å². The Kier molecular flexibility index (Phi) is 6.23. The molecule has 0 saturated carbocycles. The van der Waals surface area contributed by atoms with E-state index < -0.39 is 0 Å². The molecular weight excluding hydrogens is 412 g/mol. The molecule has 1 atom stereocenters. The van der Waals surface area contributed by atoms with E-state index in [2.05, 4.69) is 5.32 Å². The summed E-state index contributed by atoms with van der Waals surface area (Å²) in [5.41, 5.74) is 2.23. The quantitative estimate of drug-likeness (QED) is 0.591. The minimum absolute atomic E-state index is 0.0310. The largest absolute Gasteiger partial charge is 0.497 e. The van der Waals surface area contributed by atoms with Gasteiger partial charge >= 0.3 is 0 Å². The van der Waals surface area contributed by atoms with Crippen LogP contribution >= 0.6 is 11.3 Å². The van der Waals surface area contributed by atoms with Gasteiger partial charge in [-0.05, 0) is 60.7 Å². The third-order valence-corrected chi connectivity index (χ3v) is 6.32. The highest BCUT2D eigenvalue weighted by atomic mass is 32.1. The summed E-state index contributed by atoms with van der Waals surface area (Å²) in [7, 11) is 3.24.